The summed E-state index contributed by atoms with van der Waals surface area (Å²) in [5, 5.41) is 12.6. The molecule has 0 atom stereocenters. The Morgan fingerprint density at radius 1 is 1.06 bits per heavy atom. The van der Waals surface area contributed by atoms with Gasteiger partial charge in [0.25, 0.3) is 0 Å². The van der Waals surface area contributed by atoms with Crippen LogP contribution in [-0.4, -0.2) is 26.6 Å². The third-order valence-electron chi connectivity index (χ3n) is 4.99. The first kappa shape index (κ1) is 23.9. The smallest absolute Gasteiger partial charge is 0.410 e. The molecular weight excluding hydrogens is 495 g/mol. The van der Waals surface area contributed by atoms with Crippen LogP contribution in [0.3, 0.4) is 0 Å². The quantitative estimate of drug-likeness (QED) is 0.304. The van der Waals surface area contributed by atoms with E-state index in [4.69, 9.17) is 27.9 Å². The molecule has 0 bridgehead atoms. The van der Waals surface area contributed by atoms with Crippen LogP contribution in [0.1, 0.15) is 39.4 Å². The first-order valence-corrected chi connectivity index (χ1v) is 12.0. The first-order valence-electron chi connectivity index (χ1n) is 10.4. The van der Waals surface area contributed by atoms with Crippen molar-refractivity contribution in [2.75, 3.05) is 0 Å². The van der Waals surface area contributed by atoms with E-state index < -0.39 is 6.09 Å². The third kappa shape index (κ3) is 5.14. The highest BCUT2D eigenvalue weighted by molar-refractivity contribution is 7.15. The Balaban J connectivity index is 1.61. The van der Waals surface area contributed by atoms with Crippen LogP contribution in [0.5, 0.6) is 5.75 Å². The largest absolute Gasteiger partial charge is 0.412 e. The van der Waals surface area contributed by atoms with Crippen molar-refractivity contribution >= 4 is 46.4 Å². The number of thiophene rings is 1. The van der Waals surface area contributed by atoms with Crippen LogP contribution < -0.4 is 10.1 Å². The lowest BCUT2D eigenvalue weighted by molar-refractivity contribution is 0.103. The molecular formula is C24H20Cl2N4O3S. The highest BCUT2D eigenvalue weighted by atomic mass is 35.5. The van der Waals surface area contributed by atoms with E-state index in [9.17, 15) is 9.59 Å². The second-order valence-electron chi connectivity index (χ2n) is 7.29. The van der Waals surface area contributed by atoms with Crippen LogP contribution in [-0.2, 0) is 13.0 Å². The number of benzene rings is 2. The summed E-state index contributed by atoms with van der Waals surface area (Å²) >= 11 is 13.6. The lowest BCUT2D eigenvalue weighted by Crippen LogP contribution is -2.27. The molecule has 0 aliphatic carbocycles. The van der Waals surface area contributed by atoms with Crippen molar-refractivity contribution < 1.29 is 14.3 Å². The number of hydrogen-bond donors (Lipinski definition) is 1. The topological polar surface area (TPSA) is 86.1 Å². The highest BCUT2D eigenvalue weighted by Crippen LogP contribution is 2.32. The molecule has 4 rings (SSSR count). The number of rotatable bonds is 7. The number of ether oxygens (including phenoxy) is 1. The summed E-state index contributed by atoms with van der Waals surface area (Å²) < 4.78 is 7.04. The van der Waals surface area contributed by atoms with E-state index in [1.165, 1.54) is 11.3 Å². The Morgan fingerprint density at radius 2 is 1.79 bits per heavy atom. The van der Waals surface area contributed by atoms with Gasteiger partial charge in [0.05, 0.1) is 17.1 Å². The number of nitrogens with zero attached hydrogens (tertiary/aromatic N) is 3. The van der Waals surface area contributed by atoms with Gasteiger partial charge in [0, 0.05) is 15.5 Å². The number of hydrogen-bond acceptors (Lipinski definition) is 6. The molecule has 34 heavy (non-hydrogen) atoms. The lowest BCUT2D eigenvalue weighted by atomic mass is 10.0. The summed E-state index contributed by atoms with van der Waals surface area (Å²) in [5.41, 5.74) is 0.922. The van der Waals surface area contributed by atoms with Gasteiger partial charge >= 0.3 is 6.09 Å². The van der Waals surface area contributed by atoms with Crippen LogP contribution in [0.25, 0.3) is 5.00 Å². The van der Waals surface area contributed by atoms with E-state index in [2.05, 4.69) is 15.5 Å². The molecule has 10 heteroatoms. The monoisotopic (exact) mass is 514 g/mol. The van der Waals surface area contributed by atoms with Crippen LogP contribution >= 0.6 is 34.5 Å². The van der Waals surface area contributed by atoms with Crippen molar-refractivity contribution in [1.29, 1.82) is 0 Å². The SMILES string of the molecule is CCc1cc(C(=O)c2ccccc2Cl)c(-n2c(C)nnc2CNC(=O)Oc2ccc(Cl)cc2)s1. The summed E-state index contributed by atoms with van der Waals surface area (Å²) in [5.74, 6) is 1.22. The summed E-state index contributed by atoms with van der Waals surface area (Å²) in [7, 11) is 0. The number of carbonyl (C=O) groups excluding carboxylic acids is 2. The average Bonchev–Trinajstić information content (AvgIpc) is 3.42. The predicted molar refractivity (Wildman–Crippen MR) is 133 cm³/mol. The Kier molecular flexibility index (Phi) is 7.31. The molecule has 0 saturated heterocycles. The van der Waals surface area contributed by atoms with E-state index in [0.717, 1.165) is 11.3 Å². The Bertz CT molecular complexity index is 1350. The van der Waals surface area contributed by atoms with Crippen molar-refractivity contribution in [2.45, 2.75) is 26.8 Å². The molecule has 1 amide bonds. The Labute approximate surface area is 210 Å². The standard InChI is InChI=1S/C24H20Cl2N4O3S/c1-3-17-12-19(22(31)18-6-4-5-7-20(18)26)23(34-17)30-14(2)28-29-21(30)13-27-24(32)33-16-10-8-15(25)9-11-16/h4-12H,3,13H2,1-2H3,(H,27,32). The zero-order chi connectivity index (χ0) is 24.2. The van der Waals surface area contributed by atoms with Gasteiger partial charge in [-0.2, -0.15) is 0 Å². The van der Waals surface area contributed by atoms with Gasteiger partial charge < -0.3 is 10.1 Å². The average molecular weight is 515 g/mol. The molecule has 2 aromatic carbocycles. The van der Waals surface area contributed by atoms with Crippen molar-refractivity contribution in [3.05, 3.63) is 92.3 Å². The fourth-order valence-corrected chi connectivity index (χ4v) is 4.81. The second-order valence-corrected chi connectivity index (χ2v) is 9.25. The molecule has 0 aliphatic rings. The number of aryl methyl sites for hydroxylation is 2. The maximum Gasteiger partial charge on any atom is 0.412 e. The van der Waals surface area contributed by atoms with Crippen molar-refractivity contribution in [3.63, 3.8) is 0 Å². The minimum absolute atomic E-state index is 0.0480. The molecule has 0 saturated carbocycles. The minimum atomic E-state index is -0.651. The van der Waals surface area contributed by atoms with E-state index in [1.807, 2.05) is 13.0 Å². The molecule has 1 N–H and O–H groups in total. The summed E-state index contributed by atoms with van der Waals surface area (Å²) in [6.07, 6.45) is 0.109. The van der Waals surface area contributed by atoms with E-state index in [0.29, 0.717) is 43.6 Å². The number of nitrogens with one attached hydrogen (secondary N) is 1. The Hall–Kier alpha value is -3.20. The van der Waals surface area contributed by atoms with Crippen LogP contribution in [0.4, 0.5) is 4.79 Å². The minimum Gasteiger partial charge on any atom is -0.410 e. The lowest BCUT2D eigenvalue weighted by Gasteiger charge is -2.11. The maximum absolute atomic E-state index is 13.4. The molecule has 0 radical (unpaired) electrons. The van der Waals surface area contributed by atoms with Gasteiger partial charge in [-0.15, -0.1) is 21.5 Å². The molecule has 0 unspecified atom stereocenters. The fourth-order valence-electron chi connectivity index (χ4n) is 3.31. The molecule has 2 heterocycles. The van der Waals surface area contributed by atoms with Crippen molar-refractivity contribution in [1.82, 2.24) is 20.1 Å². The number of amides is 1. The van der Waals surface area contributed by atoms with Crippen molar-refractivity contribution in [3.8, 4) is 10.8 Å². The molecule has 0 spiro atoms. The van der Waals surface area contributed by atoms with Gasteiger partial charge in [0.1, 0.15) is 16.6 Å². The predicted octanol–water partition coefficient (Wildman–Crippen LogP) is 6.03. The molecule has 0 fully saturated rings. The Morgan fingerprint density at radius 3 is 2.50 bits per heavy atom. The van der Waals surface area contributed by atoms with Gasteiger partial charge in [-0.3, -0.25) is 9.36 Å². The molecule has 0 aliphatic heterocycles. The molecule has 7 nitrogen and oxygen atoms in total. The molecule has 2 aromatic heterocycles. The second kappa shape index (κ2) is 10.4. The van der Waals surface area contributed by atoms with Crippen molar-refractivity contribution in [2.24, 2.45) is 0 Å². The van der Waals surface area contributed by atoms with Gasteiger partial charge in [0.2, 0.25) is 0 Å². The van der Waals surface area contributed by atoms with E-state index >= 15 is 0 Å². The maximum atomic E-state index is 13.4. The fraction of sp³-hybridized carbons (Fsp3) is 0.167. The van der Waals surface area contributed by atoms with E-state index in [1.54, 1.807) is 60.0 Å². The van der Waals surface area contributed by atoms with Gasteiger partial charge in [-0.1, -0.05) is 42.3 Å². The number of ketones is 1. The molecule has 174 valence electrons. The zero-order valence-corrected chi connectivity index (χ0v) is 20.7. The summed E-state index contributed by atoms with van der Waals surface area (Å²) in [6.45, 7) is 3.86. The van der Waals surface area contributed by atoms with Gasteiger partial charge in [-0.05, 0) is 55.8 Å². The van der Waals surface area contributed by atoms with Gasteiger partial charge in [0.15, 0.2) is 11.6 Å². The van der Waals surface area contributed by atoms with Gasteiger partial charge in [-0.25, -0.2) is 4.79 Å². The van der Waals surface area contributed by atoms with E-state index in [-0.39, 0.29) is 12.3 Å². The molecule has 4 aromatic rings. The zero-order valence-electron chi connectivity index (χ0n) is 18.3. The van der Waals surface area contributed by atoms with Crippen LogP contribution in [0.15, 0.2) is 54.6 Å². The van der Waals surface area contributed by atoms with Crippen LogP contribution in [0.2, 0.25) is 10.0 Å². The summed E-state index contributed by atoms with van der Waals surface area (Å²) in [6, 6.07) is 15.3. The number of aromatic nitrogens is 3. The van der Waals surface area contributed by atoms with Crippen LogP contribution in [0, 0.1) is 6.92 Å². The number of halogens is 2. The number of carbonyl (C=O) groups is 2. The third-order valence-corrected chi connectivity index (χ3v) is 6.83. The normalized spacial score (nSPS) is 10.8. The first-order chi connectivity index (χ1) is 16.4. The summed E-state index contributed by atoms with van der Waals surface area (Å²) in [4.78, 5) is 26.7. The highest BCUT2D eigenvalue weighted by Gasteiger charge is 2.24.